The third kappa shape index (κ3) is 4.15. The Kier molecular flexibility index (Phi) is 4.62. The third-order valence-corrected chi connectivity index (χ3v) is 3.25. The highest BCUT2D eigenvalue weighted by Crippen LogP contribution is 2.32. The normalized spacial score (nSPS) is 11.1. The van der Waals surface area contributed by atoms with Crippen molar-refractivity contribution in [2.75, 3.05) is 11.1 Å². The van der Waals surface area contributed by atoms with Crippen molar-refractivity contribution in [3.63, 3.8) is 0 Å². The van der Waals surface area contributed by atoms with Gasteiger partial charge >= 0.3 is 0 Å². The van der Waals surface area contributed by atoms with Crippen LogP contribution in [0.4, 0.5) is 11.4 Å². The maximum atomic E-state index is 12.0. The van der Waals surface area contributed by atoms with E-state index < -0.39 is 5.41 Å². The van der Waals surface area contributed by atoms with Gasteiger partial charge in [0.05, 0.1) is 5.02 Å². The standard InChI is InChI=1S/C17H19ClN2O2/c1-17(2,3)16(21)20-12-5-4-6-13(10-12)22-15-8-7-11(19)9-14(15)18/h4-10H,19H2,1-3H3,(H,20,21). The molecule has 5 heteroatoms. The zero-order valence-corrected chi connectivity index (χ0v) is 13.6. The molecule has 4 nitrogen and oxygen atoms in total. The lowest BCUT2D eigenvalue weighted by molar-refractivity contribution is -0.123. The van der Waals surface area contributed by atoms with Crippen molar-refractivity contribution in [2.45, 2.75) is 20.8 Å². The molecule has 2 aromatic rings. The summed E-state index contributed by atoms with van der Waals surface area (Å²) in [7, 11) is 0. The summed E-state index contributed by atoms with van der Waals surface area (Å²) in [6.07, 6.45) is 0. The Balaban J connectivity index is 2.16. The molecule has 0 bridgehead atoms. The van der Waals surface area contributed by atoms with Crippen LogP contribution in [-0.4, -0.2) is 5.91 Å². The van der Waals surface area contributed by atoms with Crippen LogP contribution in [-0.2, 0) is 4.79 Å². The van der Waals surface area contributed by atoms with Gasteiger partial charge in [0.15, 0.2) is 0 Å². The molecule has 0 aliphatic rings. The van der Waals surface area contributed by atoms with E-state index in [1.54, 1.807) is 42.5 Å². The first kappa shape index (κ1) is 16.2. The fourth-order valence-electron chi connectivity index (χ4n) is 1.68. The zero-order valence-electron chi connectivity index (χ0n) is 12.8. The Hall–Kier alpha value is -2.20. The zero-order chi connectivity index (χ0) is 16.3. The van der Waals surface area contributed by atoms with Crippen molar-refractivity contribution in [2.24, 2.45) is 5.41 Å². The molecule has 0 aliphatic heterocycles. The quantitative estimate of drug-likeness (QED) is 0.806. The molecule has 0 spiro atoms. The predicted molar refractivity (Wildman–Crippen MR) is 90.5 cm³/mol. The first-order valence-electron chi connectivity index (χ1n) is 6.90. The fraction of sp³-hybridized carbons (Fsp3) is 0.235. The Morgan fingerprint density at radius 2 is 1.91 bits per heavy atom. The molecule has 22 heavy (non-hydrogen) atoms. The van der Waals surface area contributed by atoms with Crippen LogP contribution >= 0.6 is 11.6 Å². The van der Waals surface area contributed by atoms with E-state index in [9.17, 15) is 4.79 Å². The highest BCUT2D eigenvalue weighted by Gasteiger charge is 2.21. The first-order valence-corrected chi connectivity index (χ1v) is 7.28. The molecular weight excluding hydrogens is 300 g/mol. The summed E-state index contributed by atoms with van der Waals surface area (Å²) >= 11 is 6.09. The number of nitrogens with one attached hydrogen (secondary N) is 1. The lowest BCUT2D eigenvalue weighted by Gasteiger charge is -2.18. The van der Waals surface area contributed by atoms with Gasteiger partial charge in [0.25, 0.3) is 0 Å². The molecule has 116 valence electrons. The van der Waals surface area contributed by atoms with E-state index in [4.69, 9.17) is 22.1 Å². The van der Waals surface area contributed by atoms with Crippen molar-refractivity contribution >= 4 is 28.9 Å². The molecule has 0 saturated heterocycles. The molecule has 0 fully saturated rings. The second kappa shape index (κ2) is 6.28. The Morgan fingerprint density at radius 1 is 1.18 bits per heavy atom. The second-order valence-corrected chi connectivity index (χ2v) is 6.43. The monoisotopic (exact) mass is 318 g/mol. The topological polar surface area (TPSA) is 64.3 Å². The minimum absolute atomic E-state index is 0.0600. The van der Waals surface area contributed by atoms with Crippen LogP contribution in [0.2, 0.25) is 5.02 Å². The largest absolute Gasteiger partial charge is 0.456 e. The van der Waals surface area contributed by atoms with Crippen molar-refractivity contribution in [1.29, 1.82) is 0 Å². The maximum absolute atomic E-state index is 12.0. The van der Waals surface area contributed by atoms with Gasteiger partial charge in [-0.25, -0.2) is 0 Å². The van der Waals surface area contributed by atoms with Gasteiger partial charge in [0.1, 0.15) is 11.5 Å². The number of rotatable bonds is 3. The van der Waals surface area contributed by atoms with Crippen molar-refractivity contribution in [3.8, 4) is 11.5 Å². The van der Waals surface area contributed by atoms with E-state index >= 15 is 0 Å². The van der Waals surface area contributed by atoms with E-state index in [1.165, 1.54) is 0 Å². The summed E-state index contributed by atoms with van der Waals surface area (Å²) in [5.41, 5.74) is 6.43. The van der Waals surface area contributed by atoms with Crippen molar-refractivity contribution in [3.05, 3.63) is 47.5 Å². The molecule has 0 atom stereocenters. The van der Waals surface area contributed by atoms with Crippen LogP contribution in [0.25, 0.3) is 0 Å². The van der Waals surface area contributed by atoms with Crippen LogP contribution in [0.3, 0.4) is 0 Å². The van der Waals surface area contributed by atoms with Gasteiger partial charge in [0, 0.05) is 22.9 Å². The number of carbonyl (C=O) groups excluding carboxylic acids is 1. The average Bonchev–Trinajstić information content (AvgIpc) is 2.41. The van der Waals surface area contributed by atoms with Gasteiger partial charge in [-0.15, -0.1) is 0 Å². The third-order valence-electron chi connectivity index (χ3n) is 2.96. The van der Waals surface area contributed by atoms with Gasteiger partial charge in [-0.1, -0.05) is 38.4 Å². The number of carbonyl (C=O) groups is 1. The van der Waals surface area contributed by atoms with Crippen LogP contribution in [0.15, 0.2) is 42.5 Å². The fourth-order valence-corrected chi connectivity index (χ4v) is 1.91. The van der Waals surface area contributed by atoms with Gasteiger partial charge < -0.3 is 15.8 Å². The highest BCUT2D eigenvalue weighted by atomic mass is 35.5. The SMILES string of the molecule is CC(C)(C)C(=O)Nc1cccc(Oc2ccc(N)cc2Cl)c1. The lowest BCUT2D eigenvalue weighted by atomic mass is 9.95. The summed E-state index contributed by atoms with van der Waals surface area (Å²) in [5, 5.41) is 3.29. The second-order valence-electron chi connectivity index (χ2n) is 6.02. The molecule has 0 unspecified atom stereocenters. The van der Waals surface area contributed by atoms with Gasteiger partial charge in [-0.3, -0.25) is 4.79 Å². The number of halogens is 1. The van der Waals surface area contributed by atoms with E-state index in [-0.39, 0.29) is 5.91 Å². The van der Waals surface area contributed by atoms with Crippen LogP contribution in [0, 0.1) is 5.41 Å². The highest BCUT2D eigenvalue weighted by molar-refractivity contribution is 6.32. The van der Waals surface area contributed by atoms with E-state index in [1.807, 2.05) is 20.8 Å². The Bertz CT molecular complexity index is 693. The molecule has 2 rings (SSSR count). The number of ether oxygens (including phenoxy) is 1. The minimum Gasteiger partial charge on any atom is -0.456 e. The number of nitrogens with two attached hydrogens (primary N) is 1. The Morgan fingerprint density at radius 3 is 2.55 bits per heavy atom. The average molecular weight is 319 g/mol. The Labute approximate surface area is 135 Å². The van der Waals surface area contributed by atoms with Crippen LogP contribution in [0.1, 0.15) is 20.8 Å². The van der Waals surface area contributed by atoms with Crippen molar-refractivity contribution in [1.82, 2.24) is 0 Å². The smallest absolute Gasteiger partial charge is 0.229 e. The van der Waals surface area contributed by atoms with E-state index in [0.717, 1.165) is 0 Å². The summed E-state index contributed by atoms with van der Waals surface area (Å²) in [5.74, 6) is 1.03. The minimum atomic E-state index is -0.461. The number of hydrogen-bond donors (Lipinski definition) is 2. The molecule has 0 radical (unpaired) electrons. The van der Waals surface area contributed by atoms with E-state index in [0.29, 0.717) is 27.9 Å². The molecule has 0 aliphatic carbocycles. The summed E-state index contributed by atoms with van der Waals surface area (Å²) in [6.45, 7) is 5.57. The lowest BCUT2D eigenvalue weighted by Crippen LogP contribution is -2.27. The molecule has 0 heterocycles. The molecular formula is C17H19ClN2O2. The van der Waals surface area contributed by atoms with Crippen LogP contribution in [0.5, 0.6) is 11.5 Å². The molecule has 0 aromatic heterocycles. The summed E-state index contributed by atoms with van der Waals surface area (Å²) in [4.78, 5) is 12.0. The summed E-state index contributed by atoms with van der Waals surface area (Å²) < 4.78 is 5.73. The number of amides is 1. The van der Waals surface area contributed by atoms with Gasteiger partial charge in [-0.05, 0) is 30.3 Å². The number of hydrogen-bond acceptors (Lipinski definition) is 3. The molecule has 0 saturated carbocycles. The number of benzene rings is 2. The van der Waals surface area contributed by atoms with Crippen molar-refractivity contribution < 1.29 is 9.53 Å². The summed E-state index contributed by atoms with van der Waals surface area (Å²) in [6, 6.07) is 12.2. The first-order chi connectivity index (χ1) is 10.3. The van der Waals surface area contributed by atoms with Gasteiger partial charge in [0.2, 0.25) is 5.91 Å². The maximum Gasteiger partial charge on any atom is 0.229 e. The predicted octanol–water partition coefficient (Wildman–Crippen LogP) is 4.70. The van der Waals surface area contributed by atoms with E-state index in [2.05, 4.69) is 5.32 Å². The molecule has 2 aromatic carbocycles. The van der Waals surface area contributed by atoms with Gasteiger partial charge in [-0.2, -0.15) is 0 Å². The molecule has 1 amide bonds. The number of nitrogen functional groups attached to an aromatic ring is 1. The number of anilines is 2. The molecule has 3 N–H and O–H groups in total. The van der Waals surface area contributed by atoms with Crippen LogP contribution < -0.4 is 15.8 Å².